The Bertz CT molecular complexity index is 1110. The van der Waals surface area contributed by atoms with Crippen molar-refractivity contribution in [2.24, 2.45) is 0 Å². The van der Waals surface area contributed by atoms with E-state index in [1.807, 2.05) is 49.1 Å². The fourth-order valence-electron chi connectivity index (χ4n) is 4.12. The molecule has 1 saturated heterocycles. The van der Waals surface area contributed by atoms with E-state index in [4.69, 9.17) is 0 Å². The lowest BCUT2D eigenvalue weighted by molar-refractivity contribution is 0.0699. The SMILES string of the molecule is CCc1ccc(-c2[nH]ncc2C(=O)N2CCC(NC(=O)c3ccc(C)c(C)c3)CC2)cc1. The van der Waals surface area contributed by atoms with Crippen molar-refractivity contribution in [1.29, 1.82) is 0 Å². The van der Waals surface area contributed by atoms with Crippen LogP contribution < -0.4 is 5.32 Å². The molecular weight excluding hydrogens is 400 g/mol. The predicted molar refractivity (Wildman–Crippen MR) is 126 cm³/mol. The zero-order valence-electron chi connectivity index (χ0n) is 18.9. The van der Waals surface area contributed by atoms with Crippen molar-refractivity contribution in [3.05, 3.63) is 76.5 Å². The highest BCUT2D eigenvalue weighted by atomic mass is 16.2. The number of aromatic amines is 1. The van der Waals surface area contributed by atoms with E-state index in [0.717, 1.165) is 36.1 Å². The van der Waals surface area contributed by atoms with Crippen LogP contribution in [-0.4, -0.2) is 46.0 Å². The van der Waals surface area contributed by atoms with E-state index in [-0.39, 0.29) is 17.9 Å². The number of nitrogens with one attached hydrogen (secondary N) is 2. The molecule has 0 bridgehead atoms. The van der Waals surface area contributed by atoms with Gasteiger partial charge in [-0.05, 0) is 61.9 Å². The first-order valence-electron chi connectivity index (χ1n) is 11.3. The minimum Gasteiger partial charge on any atom is -0.349 e. The van der Waals surface area contributed by atoms with E-state index < -0.39 is 0 Å². The number of piperidine rings is 1. The van der Waals surface area contributed by atoms with Gasteiger partial charge in [0.1, 0.15) is 0 Å². The number of hydrogen-bond acceptors (Lipinski definition) is 3. The maximum Gasteiger partial charge on any atom is 0.257 e. The van der Waals surface area contributed by atoms with Gasteiger partial charge in [-0.25, -0.2) is 0 Å². The summed E-state index contributed by atoms with van der Waals surface area (Å²) in [4.78, 5) is 27.7. The van der Waals surface area contributed by atoms with E-state index in [0.29, 0.717) is 24.2 Å². The third kappa shape index (κ3) is 4.59. The van der Waals surface area contributed by atoms with Gasteiger partial charge in [-0.2, -0.15) is 5.10 Å². The average molecular weight is 431 g/mol. The highest BCUT2D eigenvalue weighted by Gasteiger charge is 2.27. The Morgan fingerprint density at radius 1 is 1.06 bits per heavy atom. The fourth-order valence-corrected chi connectivity index (χ4v) is 4.12. The van der Waals surface area contributed by atoms with Gasteiger partial charge in [-0.1, -0.05) is 37.3 Å². The number of H-pyrrole nitrogens is 1. The largest absolute Gasteiger partial charge is 0.349 e. The summed E-state index contributed by atoms with van der Waals surface area (Å²) in [5.41, 5.74) is 6.52. The number of amides is 2. The summed E-state index contributed by atoms with van der Waals surface area (Å²) < 4.78 is 0. The number of hydrogen-bond donors (Lipinski definition) is 2. The standard InChI is InChI=1S/C26H30N4O2/c1-4-19-6-9-20(10-7-19)24-23(16-27-29-24)26(32)30-13-11-22(12-14-30)28-25(31)21-8-5-17(2)18(3)15-21/h5-10,15-16,22H,4,11-14H2,1-3H3,(H,27,29)(H,28,31). The van der Waals surface area contributed by atoms with E-state index in [1.165, 1.54) is 11.1 Å². The highest BCUT2D eigenvalue weighted by molar-refractivity contribution is 6.00. The van der Waals surface area contributed by atoms with Crippen LogP contribution in [0.5, 0.6) is 0 Å². The Morgan fingerprint density at radius 2 is 1.78 bits per heavy atom. The molecule has 0 saturated carbocycles. The van der Waals surface area contributed by atoms with Gasteiger partial charge in [0.05, 0.1) is 17.5 Å². The number of likely N-dealkylation sites (tertiary alicyclic amines) is 1. The van der Waals surface area contributed by atoms with Crippen LogP contribution in [0.3, 0.4) is 0 Å². The van der Waals surface area contributed by atoms with Crippen LogP contribution in [0.4, 0.5) is 0 Å². The Balaban J connectivity index is 1.37. The molecule has 2 amide bonds. The molecule has 2 N–H and O–H groups in total. The molecule has 6 heteroatoms. The van der Waals surface area contributed by atoms with Gasteiger partial charge in [0.2, 0.25) is 0 Å². The normalized spacial score (nSPS) is 14.4. The Hall–Kier alpha value is -3.41. The van der Waals surface area contributed by atoms with E-state index in [1.54, 1.807) is 6.20 Å². The Labute approximate surface area is 189 Å². The minimum absolute atomic E-state index is 0.0211. The highest BCUT2D eigenvalue weighted by Crippen LogP contribution is 2.24. The van der Waals surface area contributed by atoms with Crippen molar-refractivity contribution in [3.63, 3.8) is 0 Å². The van der Waals surface area contributed by atoms with Gasteiger partial charge in [0.15, 0.2) is 0 Å². The number of aromatic nitrogens is 2. The quantitative estimate of drug-likeness (QED) is 0.634. The van der Waals surface area contributed by atoms with Crippen LogP contribution in [0.2, 0.25) is 0 Å². The summed E-state index contributed by atoms with van der Waals surface area (Å²) in [5, 5.41) is 10.2. The molecule has 2 aromatic carbocycles. The molecule has 2 heterocycles. The van der Waals surface area contributed by atoms with Crippen LogP contribution in [0.25, 0.3) is 11.3 Å². The molecule has 1 aliphatic rings. The molecule has 1 fully saturated rings. The third-order valence-electron chi connectivity index (χ3n) is 6.41. The summed E-state index contributed by atoms with van der Waals surface area (Å²) in [6.45, 7) is 7.38. The number of aryl methyl sites for hydroxylation is 3. The molecule has 0 spiro atoms. The zero-order chi connectivity index (χ0) is 22.7. The lowest BCUT2D eigenvalue weighted by Crippen LogP contribution is -2.46. The smallest absolute Gasteiger partial charge is 0.257 e. The first kappa shape index (κ1) is 21.8. The van der Waals surface area contributed by atoms with Crippen molar-refractivity contribution < 1.29 is 9.59 Å². The molecule has 3 aromatic rings. The number of carbonyl (C=O) groups is 2. The van der Waals surface area contributed by atoms with Gasteiger partial charge in [-0.15, -0.1) is 0 Å². The molecule has 1 aromatic heterocycles. The second-order valence-corrected chi connectivity index (χ2v) is 8.55. The van der Waals surface area contributed by atoms with Crippen LogP contribution in [0.1, 0.15) is 57.2 Å². The zero-order valence-corrected chi connectivity index (χ0v) is 18.9. The lowest BCUT2D eigenvalue weighted by atomic mass is 10.0. The molecule has 1 aliphatic heterocycles. The van der Waals surface area contributed by atoms with Crippen LogP contribution in [0, 0.1) is 13.8 Å². The Kier molecular flexibility index (Phi) is 6.40. The number of rotatable bonds is 5. The Morgan fingerprint density at radius 3 is 2.44 bits per heavy atom. The number of nitrogens with zero attached hydrogens (tertiary/aromatic N) is 2. The monoisotopic (exact) mass is 430 g/mol. The topological polar surface area (TPSA) is 78.1 Å². The lowest BCUT2D eigenvalue weighted by Gasteiger charge is -2.32. The average Bonchev–Trinajstić information content (AvgIpc) is 3.31. The van der Waals surface area contributed by atoms with Gasteiger partial charge >= 0.3 is 0 Å². The van der Waals surface area contributed by atoms with Gasteiger partial charge in [-0.3, -0.25) is 14.7 Å². The van der Waals surface area contributed by atoms with Gasteiger partial charge in [0, 0.05) is 30.3 Å². The predicted octanol–water partition coefficient (Wildman–Crippen LogP) is 4.29. The van der Waals surface area contributed by atoms with E-state index >= 15 is 0 Å². The molecule has 0 unspecified atom stereocenters. The number of carbonyl (C=O) groups excluding carboxylic acids is 2. The van der Waals surface area contributed by atoms with E-state index in [2.05, 4.69) is 34.6 Å². The van der Waals surface area contributed by atoms with Gasteiger partial charge < -0.3 is 10.2 Å². The van der Waals surface area contributed by atoms with Crippen LogP contribution >= 0.6 is 0 Å². The molecule has 166 valence electrons. The molecule has 32 heavy (non-hydrogen) atoms. The van der Waals surface area contributed by atoms with Crippen LogP contribution in [0.15, 0.2) is 48.7 Å². The van der Waals surface area contributed by atoms with Crippen molar-refractivity contribution >= 4 is 11.8 Å². The minimum atomic E-state index is -0.0504. The second-order valence-electron chi connectivity index (χ2n) is 8.55. The molecule has 4 rings (SSSR count). The molecule has 0 radical (unpaired) electrons. The summed E-state index contributed by atoms with van der Waals surface area (Å²) in [7, 11) is 0. The van der Waals surface area contributed by atoms with Crippen molar-refractivity contribution in [1.82, 2.24) is 20.4 Å². The van der Waals surface area contributed by atoms with Crippen molar-refractivity contribution in [2.45, 2.75) is 46.1 Å². The summed E-state index contributed by atoms with van der Waals surface area (Å²) in [5.74, 6) is -0.0715. The van der Waals surface area contributed by atoms with Crippen molar-refractivity contribution in [3.8, 4) is 11.3 Å². The second kappa shape index (κ2) is 9.39. The maximum absolute atomic E-state index is 13.2. The van der Waals surface area contributed by atoms with Crippen LogP contribution in [-0.2, 0) is 6.42 Å². The summed E-state index contributed by atoms with van der Waals surface area (Å²) in [6.07, 6.45) is 4.06. The fraction of sp³-hybridized carbons (Fsp3) is 0.346. The molecular formula is C26H30N4O2. The van der Waals surface area contributed by atoms with Crippen molar-refractivity contribution in [2.75, 3.05) is 13.1 Å². The molecule has 0 aliphatic carbocycles. The third-order valence-corrected chi connectivity index (χ3v) is 6.41. The van der Waals surface area contributed by atoms with Gasteiger partial charge in [0.25, 0.3) is 11.8 Å². The maximum atomic E-state index is 13.2. The summed E-state index contributed by atoms with van der Waals surface area (Å²) >= 11 is 0. The first-order chi connectivity index (χ1) is 15.5. The first-order valence-corrected chi connectivity index (χ1v) is 11.3. The van der Waals surface area contributed by atoms with E-state index in [9.17, 15) is 9.59 Å². The number of benzene rings is 2. The summed E-state index contributed by atoms with van der Waals surface area (Å²) in [6, 6.07) is 14.0. The molecule has 0 atom stereocenters. The molecule has 6 nitrogen and oxygen atoms in total.